The van der Waals surface area contributed by atoms with Crippen LogP contribution in [0.2, 0.25) is 0 Å². The quantitative estimate of drug-likeness (QED) is 0.128. The maximum absolute atomic E-state index is 2.45. The summed E-state index contributed by atoms with van der Waals surface area (Å²) in [5, 5.41) is 2.77. The molecule has 2 aromatic rings. The molecule has 0 heteroatoms. The number of hydrogen-bond acceptors (Lipinski definition) is 0. The van der Waals surface area contributed by atoms with Crippen LogP contribution >= 0.6 is 0 Å². The van der Waals surface area contributed by atoms with Gasteiger partial charge >= 0.3 is 0 Å². The van der Waals surface area contributed by atoms with Crippen molar-refractivity contribution >= 4 is 10.8 Å². The van der Waals surface area contributed by atoms with Crippen LogP contribution in [0.15, 0.2) is 42.5 Å². The van der Waals surface area contributed by atoms with Crippen LogP contribution in [-0.2, 0) is 0 Å². The maximum Gasteiger partial charge on any atom is -0.0162 e. The second-order valence-corrected chi connectivity index (χ2v) is 11.6. The normalized spacial score (nSPS) is 12.4. The van der Waals surface area contributed by atoms with E-state index in [4.69, 9.17) is 0 Å². The lowest BCUT2D eigenvalue weighted by Gasteiger charge is -2.17. The van der Waals surface area contributed by atoms with Crippen molar-refractivity contribution in [1.82, 2.24) is 0 Å². The molecule has 0 aromatic heterocycles. The molecule has 2 rings (SSSR count). The van der Waals surface area contributed by atoms with Gasteiger partial charge in [0.25, 0.3) is 0 Å². The van der Waals surface area contributed by atoms with E-state index in [1.807, 2.05) is 0 Å². The summed E-state index contributed by atoms with van der Waals surface area (Å²) in [6.07, 6.45) is 33.1. The molecular formula is C36H60. The molecule has 0 nitrogen and oxygen atoms in total. The number of benzene rings is 2. The molecule has 0 radical (unpaired) electrons. The Morgan fingerprint density at radius 3 is 1.33 bits per heavy atom. The largest absolute Gasteiger partial charge is 0.0654 e. The molecule has 0 fully saturated rings. The third-order valence-electron chi connectivity index (χ3n) is 8.29. The van der Waals surface area contributed by atoms with Crippen LogP contribution in [0.25, 0.3) is 10.8 Å². The van der Waals surface area contributed by atoms with Crippen molar-refractivity contribution in [3.05, 3.63) is 48.0 Å². The zero-order valence-electron chi connectivity index (χ0n) is 24.4. The van der Waals surface area contributed by atoms with Gasteiger partial charge in [0.2, 0.25) is 0 Å². The topological polar surface area (TPSA) is 0 Å². The fraction of sp³-hybridized carbons (Fsp3) is 0.722. The monoisotopic (exact) mass is 492 g/mol. The molecule has 0 aliphatic rings. The summed E-state index contributed by atoms with van der Waals surface area (Å²) in [6, 6.07) is 16.0. The van der Waals surface area contributed by atoms with Gasteiger partial charge in [-0.05, 0) is 35.1 Å². The molecule has 0 heterocycles. The number of hydrogen-bond donors (Lipinski definition) is 0. The minimum Gasteiger partial charge on any atom is -0.0654 e. The fourth-order valence-corrected chi connectivity index (χ4v) is 5.93. The smallest absolute Gasteiger partial charge is 0.0162 e. The summed E-state index contributed by atoms with van der Waals surface area (Å²) >= 11 is 0. The van der Waals surface area contributed by atoms with E-state index < -0.39 is 0 Å². The number of rotatable bonds is 24. The fourth-order valence-electron chi connectivity index (χ4n) is 5.93. The second-order valence-electron chi connectivity index (χ2n) is 11.6. The minimum absolute atomic E-state index is 0.746. The second kappa shape index (κ2) is 21.8. The van der Waals surface area contributed by atoms with Crippen LogP contribution in [0.1, 0.15) is 173 Å². The van der Waals surface area contributed by atoms with Gasteiger partial charge in [0, 0.05) is 0 Å². The minimum atomic E-state index is 0.746. The lowest BCUT2D eigenvalue weighted by atomic mass is 9.88. The zero-order valence-corrected chi connectivity index (χ0v) is 24.4. The highest BCUT2D eigenvalue weighted by Gasteiger charge is 2.11. The Morgan fingerprint density at radius 2 is 0.861 bits per heavy atom. The molecule has 1 unspecified atom stereocenters. The van der Waals surface area contributed by atoms with Gasteiger partial charge < -0.3 is 0 Å². The molecule has 36 heavy (non-hydrogen) atoms. The van der Waals surface area contributed by atoms with E-state index in [9.17, 15) is 0 Å². The van der Waals surface area contributed by atoms with Gasteiger partial charge in [0.15, 0.2) is 0 Å². The molecule has 0 aliphatic carbocycles. The Bertz CT molecular complexity index is 745. The van der Waals surface area contributed by atoms with Crippen LogP contribution in [0.4, 0.5) is 0 Å². The highest BCUT2D eigenvalue weighted by molar-refractivity contribution is 5.83. The van der Waals surface area contributed by atoms with E-state index in [2.05, 4.69) is 56.3 Å². The molecule has 0 amide bonds. The van der Waals surface area contributed by atoms with Crippen molar-refractivity contribution in [2.75, 3.05) is 0 Å². The third-order valence-corrected chi connectivity index (χ3v) is 8.29. The van der Waals surface area contributed by atoms with Crippen LogP contribution in [0, 0.1) is 0 Å². The van der Waals surface area contributed by atoms with Crippen LogP contribution in [-0.4, -0.2) is 0 Å². The average Bonchev–Trinajstić information content (AvgIpc) is 2.91. The summed E-state index contributed by atoms with van der Waals surface area (Å²) in [5.41, 5.74) is 1.56. The predicted octanol–water partition coefficient (Wildman–Crippen LogP) is 12.9. The molecule has 2 aromatic carbocycles. The maximum atomic E-state index is 2.45. The highest BCUT2D eigenvalue weighted by atomic mass is 14.2. The van der Waals surface area contributed by atoms with E-state index in [1.165, 1.54) is 158 Å². The first-order valence-corrected chi connectivity index (χ1v) is 16.3. The van der Waals surface area contributed by atoms with E-state index in [0.29, 0.717) is 0 Å². The van der Waals surface area contributed by atoms with Crippen LogP contribution in [0.3, 0.4) is 0 Å². The van der Waals surface area contributed by atoms with E-state index in [0.717, 1.165) is 5.92 Å². The van der Waals surface area contributed by atoms with Crippen molar-refractivity contribution in [2.24, 2.45) is 0 Å². The Labute approximate surface area is 226 Å². The van der Waals surface area contributed by atoms with E-state index in [1.54, 1.807) is 5.56 Å². The molecule has 0 N–H and O–H groups in total. The van der Waals surface area contributed by atoms with Gasteiger partial charge in [-0.2, -0.15) is 0 Å². The Hall–Kier alpha value is -1.30. The van der Waals surface area contributed by atoms with Gasteiger partial charge in [0.05, 0.1) is 0 Å². The van der Waals surface area contributed by atoms with Crippen molar-refractivity contribution in [2.45, 2.75) is 167 Å². The molecule has 1 atom stereocenters. The average molecular weight is 493 g/mol. The molecule has 0 saturated heterocycles. The first kappa shape index (κ1) is 30.9. The SMILES string of the molecule is CCCCCCCCCCCCCCCCCCCCCCC(CCC)c1ccc2ccccc2c1. The lowest BCUT2D eigenvalue weighted by molar-refractivity contribution is 0.501. The Kier molecular flexibility index (Phi) is 18.7. The lowest BCUT2D eigenvalue weighted by Crippen LogP contribution is -1.99. The van der Waals surface area contributed by atoms with Gasteiger partial charge in [-0.15, -0.1) is 0 Å². The summed E-state index contributed by atoms with van der Waals surface area (Å²) in [7, 11) is 0. The van der Waals surface area contributed by atoms with Gasteiger partial charge in [0.1, 0.15) is 0 Å². The van der Waals surface area contributed by atoms with Gasteiger partial charge in [-0.1, -0.05) is 191 Å². The number of fused-ring (bicyclic) bond motifs is 1. The first-order chi connectivity index (χ1) is 17.8. The standard InChI is InChI=1S/C36H60/c1-3-5-6-7-8-9-10-11-12-13-14-15-16-17-18-19-20-21-22-23-27-33(26-4-2)36-31-30-34-28-24-25-29-35(34)32-36/h24-25,28-33H,3-23,26-27H2,1-2H3. The summed E-state index contributed by atoms with van der Waals surface area (Å²) < 4.78 is 0. The summed E-state index contributed by atoms with van der Waals surface area (Å²) in [4.78, 5) is 0. The molecule has 0 spiro atoms. The summed E-state index contributed by atoms with van der Waals surface area (Å²) in [6.45, 7) is 4.64. The molecule has 0 bridgehead atoms. The van der Waals surface area contributed by atoms with Gasteiger partial charge in [-0.25, -0.2) is 0 Å². The molecule has 0 aliphatic heterocycles. The van der Waals surface area contributed by atoms with Crippen molar-refractivity contribution in [3.8, 4) is 0 Å². The highest BCUT2D eigenvalue weighted by Crippen LogP contribution is 2.30. The molecule has 0 saturated carbocycles. The van der Waals surface area contributed by atoms with Crippen LogP contribution in [0.5, 0.6) is 0 Å². The van der Waals surface area contributed by atoms with E-state index >= 15 is 0 Å². The predicted molar refractivity (Wildman–Crippen MR) is 164 cm³/mol. The first-order valence-electron chi connectivity index (χ1n) is 16.3. The van der Waals surface area contributed by atoms with Crippen molar-refractivity contribution in [3.63, 3.8) is 0 Å². The van der Waals surface area contributed by atoms with Crippen molar-refractivity contribution < 1.29 is 0 Å². The summed E-state index contributed by atoms with van der Waals surface area (Å²) in [5.74, 6) is 0.746. The molecular weight excluding hydrogens is 432 g/mol. The molecule has 204 valence electrons. The number of unbranched alkanes of at least 4 members (excludes halogenated alkanes) is 19. The Balaban J connectivity index is 1.38. The van der Waals surface area contributed by atoms with Crippen molar-refractivity contribution in [1.29, 1.82) is 0 Å². The third kappa shape index (κ3) is 14.4. The van der Waals surface area contributed by atoms with E-state index in [-0.39, 0.29) is 0 Å². The Morgan fingerprint density at radius 1 is 0.417 bits per heavy atom. The van der Waals surface area contributed by atoms with Gasteiger partial charge in [-0.3, -0.25) is 0 Å². The van der Waals surface area contributed by atoms with Crippen LogP contribution < -0.4 is 0 Å². The zero-order chi connectivity index (χ0) is 25.5.